The minimum absolute atomic E-state index is 0.0678. The summed E-state index contributed by atoms with van der Waals surface area (Å²) in [5, 5.41) is 0.0678. The Bertz CT molecular complexity index is 574. The Balaban J connectivity index is 2.38. The fraction of sp³-hybridized carbons (Fsp3) is 0.182. The minimum atomic E-state index is -0.469. The number of nitrogens with zero attached hydrogens (tertiary/aromatic N) is 2. The summed E-state index contributed by atoms with van der Waals surface area (Å²) in [6.07, 6.45) is 3.29. The molecule has 0 saturated carbocycles. The van der Waals surface area contributed by atoms with Crippen molar-refractivity contribution in [3.05, 3.63) is 57.5 Å². The molecule has 0 unspecified atom stereocenters. The SMILES string of the molecule is Cn1ccn(Cc2cccc(F)c2Cl)c1=O. The number of rotatable bonds is 2. The van der Waals surface area contributed by atoms with Crippen LogP contribution in [0.1, 0.15) is 5.56 Å². The van der Waals surface area contributed by atoms with Crippen LogP contribution in [-0.2, 0) is 13.6 Å². The molecule has 0 radical (unpaired) electrons. The molecule has 0 atom stereocenters. The van der Waals surface area contributed by atoms with E-state index >= 15 is 0 Å². The summed E-state index contributed by atoms with van der Waals surface area (Å²) in [7, 11) is 1.66. The van der Waals surface area contributed by atoms with Gasteiger partial charge in [-0.15, -0.1) is 0 Å². The Morgan fingerprint density at radius 1 is 1.38 bits per heavy atom. The van der Waals surface area contributed by atoms with Crippen molar-refractivity contribution >= 4 is 11.6 Å². The smallest absolute Gasteiger partial charge is 0.302 e. The molecule has 0 saturated heterocycles. The summed E-state index contributed by atoms with van der Waals surface area (Å²) in [6.45, 7) is 0.274. The number of halogens is 2. The van der Waals surface area contributed by atoms with Gasteiger partial charge < -0.3 is 4.57 Å². The van der Waals surface area contributed by atoms with Gasteiger partial charge in [-0.2, -0.15) is 0 Å². The van der Waals surface area contributed by atoms with E-state index in [2.05, 4.69) is 0 Å². The van der Waals surface area contributed by atoms with E-state index in [-0.39, 0.29) is 17.3 Å². The Labute approximate surface area is 96.7 Å². The number of hydrogen-bond donors (Lipinski definition) is 0. The molecule has 1 heterocycles. The molecule has 0 amide bonds. The van der Waals surface area contributed by atoms with E-state index in [1.165, 1.54) is 15.2 Å². The van der Waals surface area contributed by atoms with Gasteiger partial charge in [-0.05, 0) is 11.6 Å². The molecule has 0 aliphatic rings. The normalized spacial score (nSPS) is 10.7. The fourth-order valence-corrected chi connectivity index (χ4v) is 1.67. The molecule has 0 aliphatic carbocycles. The number of hydrogen-bond acceptors (Lipinski definition) is 1. The molecule has 0 fully saturated rings. The minimum Gasteiger partial charge on any atom is -0.302 e. The molecule has 0 aliphatic heterocycles. The molecule has 1 aromatic carbocycles. The fourth-order valence-electron chi connectivity index (χ4n) is 1.49. The van der Waals surface area contributed by atoms with E-state index in [1.807, 2.05) is 0 Å². The predicted molar refractivity (Wildman–Crippen MR) is 60.2 cm³/mol. The Morgan fingerprint density at radius 3 is 2.75 bits per heavy atom. The summed E-state index contributed by atoms with van der Waals surface area (Å²) < 4.78 is 16.1. The molecular weight excluding hydrogens is 231 g/mol. The monoisotopic (exact) mass is 240 g/mol. The lowest BCUT2D eigenvalue weighted by atomic mass is 10.2. The number of aryl methyl sites for hydroxylation is 1. The third-order valence-corrected chi connectivity index (χ3v) is 2.81. The van der Waals surface area contributed by atoms with Gasteiger partial charge >= 0.3 is 5.69 Å². The van der Waals surface area contributed by atoms with Crippen molar-refractivity contribution in [1.82, 2.24) is 9.13 Å². The lowest BCUT2D eigenvalue weighted by Gasteiger charge is -2.04. The third kappa shape index (κ3) is 1.88. The van der Waals surface area contributed by atoms with Crippen molar-refractivity contribution in [3.8, 4) is 0 Å². The first-order valence-electron chi connectivity index (χ1n) is 4.74. The van der Waals surface area contributed by atoms with Crippen LogP contribution in [0.3, 0.4) is 0 Å². The predicted octanol–water partition coefficient (Wildman–Crippen LogP) is 2.03. The second-order valence-electron chi connectivity index (χ2n) is 3.53. The van der Waals surface area contributed by atoms with E-state index in [9.17, 15) is 9.18 Å². The topological polar surface area (TPSA) is 26.9 Å². The van der Waals surface area contributed by atoms with Crippen LogP contribution < -0.4 is 5.69 Å². The van der Waals surface area contributed by atoms with Gasteiger partial charge in [-0.3, -0.25) is 4.57 Å². The quantitative estimate of drug-likeness (QED) is 0.789. The highest BCUT2D eigenvalue weighted by Crippen LogP contribution is 2.19. The molecule has 0 bridgehead atoms. The van der Waals surface area contributed by atoms with Gasteiger partial charge in [0.1, 0.15) is 5.82 Å². The maximum Gasteiger partial charge on any atom is 0.328 e. The largest absolute Gasteiger partial charge is 0.328 e. The van der Waals surface area contributed by atoms with Crippen LogP contribution in [0.5, 0.6) is 0 Å². The van der Waals surface area contributed by atoms with Crippen LogP contribution in [0.2, 0.25) is 5.02 Å². The zero-order valence-corrected chi connectivity index (χ0v) is 9.41. The summed E-state index contributed by atoms with van der Waals surface area (Å²) in [5.41, 5.74) is 0.440. The van der Waals surface area contributed by atoms with Crippen molar-refractivity contribution in [2.24, 2.45) is 7.05 Å². The Morgan fingerprint density at radius 2 is 2.12 bits per heavy atom. The van der Waals surface area contributed by atoms with Gasteiger partial charge in [-0.1, -0.05) is 23.7 Å². The first kappa shape index (κ1) is 11.0. The van der Waals surface area contributed by atoms with Crippen molar-refractivity contribution in [2.75, 3.05) is 0 Å². The third-order valence-electron chi connectivity index (χ3n) is 2.39. The van der Waals surface area contributed by atoms with E-state index in [4.69, 9.17) is 11.6 Å². The average molecular weight is 241 g/mol. The highest BCUT2D eigenvalue weighted by molar-refractivity contribution is 6.31. The van der Waals surface area contributed by atoms with Crippen molar-refractivity contribution in [3.63, 3.8) is 0 Å². The molecule has 16 heavy (non-hydrogen) atoms. The first-order valence-corrected chi connectivity index (χ1v) is 5.12. The zero-order chi connectivity index (χ0) is 11.7. The second kappa shape index (κ2) is 4.14. The van der Waals surface area contributed by atoms with E-state index in [0.29, 0.717) is 5.56 Å². The molecule has 0 spiro atoms. The highest BCUT2D eigenvalue weighted by atomic mass is 35.5. The van der Waals surface area contributed by atoms with Gasteiger partial charge in [0.2, 0.25) is 0 Å². The molecule has 1 aromatic heterocycles. The van der Waals surface area contributed by atoms with E-state index < -0.39 is 5.82 Å². The molecule has 5 heteroatoms. The molecule has 0 N–H and O–H groups in total. The first-order chi connectivity index (χ1) is 7.59. The standard InChI is InChI=1S/C11H10ClFN2O/c1-14-5-6-15(11(14)16)7-8-3-2-4-9(13)10(8)12/h2-6H,7H2,1H3. The van der Waals surface area contributed by atoms with Crippen LogP contribution in [-0.4, -0.2) is 9.13 Å². The van der Waals surface area contributed by atoms with Crippen LogP contribution >= 0.6 is 11.6 Å². The lowest BCUT2D eigenvalue weighted by Crippen LogP contribution is -2.22. The van der Waals surface area contributed by atoms with Crippen LogP contribution in [0.25, 0.3) is 0 Å². The average Bonchev–Trinajstić information content (AvgIpc) is 2.57. The zero-order valence-electron chi connectivity index (χ0n) is 8.65. The van der Waals surface area contributed by atoms with Gasteiger partial charge in [0, 0.05) is 19.4 Å². The summed E-state index contributed by atoms with van der Waals surface area (Å²) in [4.78, 5) is 11.6. The van der Waals surface area contributed by atoms with Crippen molar-refractivity contribution in [1.29, 1.82) is 0 Å². The maximum atomic E-state index is 13.2. The van der Waals surface area contributed by atoms with Crippen LogP contribution in [0.4, 0.5) is 4.39 Å². The number of benzene rings is 1. The summed E-state index contributed by atoms with van der Waals surface area (Å²) >= 11 is 5.81. The number of imidazole rings is 1. The van der Waals surface area contributed by atoms with Crippen molar-refractivity contribution < 1.29 is 4.39 Å². The molecule has 2 rings (SSSR count). The Hall–Kier alpha value is -1.55. The summed E-state index contributed by atoms with van der Waals surface area (Å²) in [6, 6.07) is 4.56. The van der Waals surface area contributed by atoms with E-state index in [0.717, 1.165) is 0 Å². The second-order valence-corrected chi connectivity index (χ2v) is 3.91. The molecular formula is C11H10ClFN2O. The van der Waals surface area contributed by atoms with Crippen molar-refractivity contribution in [2.45, 2.75) is 6.54 Å². The molecule has 2 aromatic rings. The van der Waals surface area contributed by atoms with Gasteiger partial charge in [0.25, 0.3) is 0 Å². The lowest BCUT2D eigenvalue weighted by molar-refractivity contribution is 0.622. The summed E-state index contributed by atoms with van der Waals surface area (Å²) in [5.74, 6) is -0.469. The van der Waals surface area contributed by atoms with E-state index in [1.54, 1.807) is 31.6 Å². The maximum absolute atomic E-state index is 13.2. The number of aromatic nitrogens is 2. The highest BCUT2D eigenvalue weighted by Gasteiger charge is 2.07. The van der Waals surface area contributed by atoms with Crippen LogP contribution in [0, 0.1) is 5.82 Å². The van der Waals surface area contributed by atoms with Gasteiger partial charge in [0.05, 0.1) is 11.6 Å². The van der Waals surface area contributed by atoms with Crippen LogP contribution in [0.15, 0.2) is 35.4 Å². The molecule has 3 nitrogen and oxygen atoms in total. The van der Waals surface area contributed by atoms with Gasteiger partial charge in [-0.25, -0.2) is 9.18 Å². The Kier molecular flexibility index (Phi) is 2.83. The molecule has 84 valence electrons. The van der Waals surface area contributed by atoms with Gasteiger partial charge in [0.15, 0.2) is 0 Å².